The molecule has 3 aromatic rings. The third-order valence-electron chi connectivity index (χ3n) is 5.44. The van der Waals surface area contributed by atoms with Crippen LogP contribution in [0.25, 0.3) is 11.3 Å². The summed E-state index contributed by atoms with van der Waals surface area (Å²) in [4.78, 5) is 2.28. The minimum atomic E-state index is -3.76. The molecule has 0 saturated carbocycles. The van der Waals surface area contributed by atoms with Gasteiger partial charge in [-0.15, -0.1) is 0 Å². The number of benzene rings is 2. The number of nitrogens with zero attached hydrogens (tertiary/aromatic N) is 3. The summed E-state index contributed by atoms with van der Waals surface area (Å²) in [5.74, 6) is 0.811. The summed E-state index contributed by atoms with van der Waals surface area (Å²) >= 11 is 6.16. The van der Waals surface area contributed by atoms with E-state index < -0.39 is 10.0 Å². The number of hydrogen-bond donors (Lipinski definition) is 0. The van der Waals surface area contributed by atoms with Crippen molar-refractivity contribution in [2.75, 3.05) is 38.2 Å². The van der Waals surface area contributed by atoms with Gasteiger partial charge in [0.25, 0.3) is 0 Å². The van der Waals surface area contributed by atoms with E-state index in [0.717, 1.165) is 16.9 Å². The number of sulfonamides is 1. The Morgan fingerprint density at radius 1 is 1.03 bits per heavy atom. The number of hydrogen-bond acceptors (Lipinski definition) is 6. The zero-order chi connectivity index (χ0) is 22.2. The normalized spacial score (nSPS) is 15.3. The molecule has 0 N–H and O–H groups in total. The molecule has 0 amide bonds. The van der Waals surface area contributed by atoms with Gasteiger partial charge < -0.3 is 14.2 Å². The Morgan fingerprint density at radius 3 is 2.42 bits per heavy atom. The fourth-order valence-corrected chi connectivity index (χ4v) is 5.53. The Hall–Kier alpha value is -2.55. The summed E-state index contributed by atoms with van der Waals surface area (Å²) in [5.41, 5.74) is 3.50. The van der Waals surface area contributed by atoms with E-state index in [0.29, 0.717) is 48.3 Å². The number of aromatic nitrogens is 1. The van der Waals surface area contributed by atoms with Crippen LogP contribution < -0.4 is 9.64 Å². The summed E-state index contributed by atoms with van der Waals surface area (Å²) in [6.07, 6.45) is 0. The van der Waals surface area contributed by atoms with Crippen molar-refractivity contribution in [1.82, 2.24) is 9.46 Å². The standard InChI is InChI=1S/C22H24ClN3O4S/c1-15-4-6-18(23)14-19(15)25-8-10-26(11-9-25)31(27,28)22-13-17(5-7-20(22)29-3)21-12-16(2)24-30-21/h4-7,12-14H,8-11H2,1-3H3. The largest absolute Gasteiger partial charge is 0.495 e. The molecule has 9 heteroatoms. The number of halogens is 1. The van der Waals surface area contributed by atoms with Gasteiger partial charge in [0.05, 0.1) is 12.8 Å². The van der Waals surface area contributed by atoms with Crippen LogP contribution in [0.4, 0.5) is 5.69 Å². The van der Waals surface area contributed by atoms with Crippen LogP contribution >= 0.6 is 11.6 Å². The van der Waals surface area contributed by atoms with Crippen LogP contribution in [0.15, 0.2) is 51.9 Å². The van der Waals surface area contributed by atoms with Crippen LogP contribution in [0.3, 0.4) is 0 Å². The molecular formula is C22H24ClN3O4S. The maximum atomic E-state index is 13.5. The Morgan fingerprint density at radius 2 is 1.77 bits per heavy atom. The summed E-state index contributed by atoms with van der Waals surface area (Å²) in [5, 5.41) is 4.55. The average Bonchev–Trinajstić information content (AvgIpc) is 3.21. The van der Waals surface area contributed by atoms with Gasteiger partial charge in [-0.1, -0.05) is 22.8 Å². The molecule has 0 bridgehead atoms. The Labute approximate surface area is 187 Å². The smallest absolute Gasteiger partial charge is 0.246 e. The average molecular weight is 462 g/mol. The second-order valence-electron chi connectivity index (χ2n) is 7.52. The Bertz CT molecular complexity index is 1200. The maximum Gasteiger partial charge on any atom is 0.246 e. The summed E-state index contributed by atoms with van der Waals surface area (Å²) in [7, 11) is -2.29. The number of piperazine rings is 1. The number of aryl methyl sites for hydroxylation is 2. The molecule has 2 aromatic carbocycles. The highest BCUT2D eigenvalue weighted by Crippen LogP contribution is 2.33. The topological polar surface area (TPSA) is 75.9 Å². The third kappa shape index (κ3) is 4.28. The molecule has 31 heavy (non-hydrogen) atoms. The van der Waals surface area contributed by atoms with Crippen molar-refractivity contribution in [2.24, 2.45) is 0 Å². The van der Waals surface area contributed by atoms with E-state index in [1.54, 1.807) is 24.3 Å². The van der Waals surface area contributed by atoms with Gasteiger partial charge in [0.1, 0.15) is 10.6 Å². The van der Waals surface area contributed by atoms with Crippen molar-refractivity contribution in [3.8, 4) is 17.1 Å². The first-order chi connectivity index (χ1) is 14.8. The highest BCUT2D eigenvalue weighted by Gasteiger charge is 2.32. The molecule has 0 radical (unpaired) electrons. The lowest BCUT2D eigenvalue weighted by atomic mass is 10.1. The number of methoxy groups -OCH3 is 1. The molecule has 7 nitrogen and oxygen atoms in total. The lowest BCUT2D eigenvalue weighted by molar-refractivity contribution is 0.374. The van der Waals surface area contributed by atoms with Crippen LogP contribution in [0, 0.1) is 13.8 Å². The van der Waals surface area contributed by atoms with E-state index >= 15 is 0 Å². The third-order valence-corrected chi connectivity index (χ3v) is 7.60. The van der Waals surface area contributed by atoms with Crippen molar-refractivity contribution in [3.63, 3.8) is 0 Å². The number of ether oxygens (including phenoxy) is 1. The monoisotopic (exact) mass is 461 g/mol. The molecule has 0 spiro atoms. The van der Waals surface area contributed by atoms with Crippen molar-refractivity contribution in [1.29, 1.82) is 0 Å². The van der Waals surface area contributed by atoms with Crippen molar-refractivity contribution in [3.05, 3.63) is 58.7 Å². The van der Waals surface area contributed by atoms with Gasteiger partial charge in [-0.25, -0.2) is 8.42 Å². The van der Waals surface area contributed by atoms with Gasteiger partial charge in [-0.2, -0.15) is 4.31 Å². The molecule has 0 atom stereocenters. The summed E-state index contributed by atoms with van der Waals surface area (Å²) in [6.45, 7) is 5.71. The van der Waals surface area contributed by atoms with Crippen LogP contribution in [0.2, 0.25) is 5.02 Å². The van der Waals surface area contributed by atoms with E-state index in [1.165, 1.54) is 11.4 Å². The lowest BCUT2D eigenvalue weighted by Crippen LogP contribution is -2.48. The van der Waals surface area contributed by atoms with Crippen LogP contribution in [-0.4, -0.2) is 51.2 Å². The van der Waals surface area contributed by atoms with E-state index in [2.05, 4.69) is 10.1 Å². The van der Waals surface area contributed by atoms with Crippen molar-refractivity contribution < 1.29 is 17.7 Å². The van der Waals surface area contributed by atoms with Crippen LogP contribution in [0.5, 0.6) is 5.75 Å². The molecule has 1 aliphatic rings. The molecule has 1 aromatic heterocycles. The van der Waals surface area contributed by atoms with Crippen LogP contribution in [-0.2, 0) is 10.0 Å². The first-order valence-corrected chi connectivity index (χ1v) is 11.7. The molecule has 4 rings (SSSR count). The van der Waals surface area contributed by atoms with Crippen LogP contribution in [0.1, 0.15) is 11.3 Å². The molecular weight excluding hydrogens is 438 g/mol. The molecule has 164 valence electrons. The van der Waals surface area contributed by atoms with Gasteiger partial charge in [0, 0.05) is 48.5 Å². The predicted octanol–water partition coefficient (Wildman–Crippen LogP) is 4.13. The minimum Gasteiger partial charge on any atom is -0.495 e. The molecule has 0 aliphatic carbocycles. The molecule has 1 fully saturated rings. The van der Waals surface area contributed by atoms with Gasteiger partial charge in [0.15, 0.2) is 5.76 Å². The zero-order valence-corrected chi connectivity index (χ0v) is 19.2. The van der Waals surface area contributed by atoms with Gasteiger partial charge >= 0.3 is 0 Å². The first-order valence-electron chi connectivity index (χ1n) is 9.92. The van der Waals surface area contributed by atoms with Crippen molar-refractivity contribution >= 4 is 27.3 Å². The number of rotatable bonds is 5. The highest BCUT2D eigenvalue weighted by atomic mass is 35.5. The lowest BCUT2D eigenvalue weighted by Gasteiger charge is -2.36. The quantitative estimate of drug-likeness (QED) is 0.568. The van der Waals surface area contributed by atoms with E-state index in [1.807, 2.05) is 32.0 Å². The Balaban J connectivity index is 1.60. The van der Waals surface area contributed by atoms with E-state index in [-0.39, 0.29) is 4.90 Å². The second-order valence-corrected chi connectivity index (χ2v) is 9.86. The fraction of sp³-hybridized carbons (Fsp3) is 0.318. The number of anilines is 1. The molecule has 1 saturated heterocycles. The summed E-state index contributed by atoms with van der Waals surface area (Å²) < 4.78 is 39.1. The van der Waals surface area contributed by atoms with Gasteiger partial charge in [0.2, 0.25) is 10.0 Å². The van der Waals surface area contributed by atoms with E-state index in [4.69, 9.17) is 20.9 Å². The van der Waals surface area contributed by atoms with Crippen molar-refractivity contribution in [2.45, 2.75) is 18.7 Å². The first kappa shape index (κ1) is 21.7. The molecule has 0 unspecified atom stereocenters. The highest BCUT2D eigenvalue weighted by molar-refractivity contribution is 7.89. The van der Waals surface area contributed by atoms with E-state index in [9.17, 15) is 8.42 Å². The maximum absolute atomic E-state index is 13.5. The molecule has 1 aliphatic heterocycles. The fourth-order valence-electron chi connectivity index (χ4n) is 3.76. The predicted molar refractivity (Wildman–Crippen MR) is 120 cm³/mol. The van der Waals surface area contributed by atoms with Gasteiger partial charge in [-0.3, -0.25) is 0 Å². The molecule has 2 heterocycles. The Kier molecular flexibility index (Phi) is 5.96. The SMILES string of the molecule is COc1ccc(-c2cc(C)no2)cc1S(=O)(=O)N1CCN(c2cc(Cl)ccc2C)CC1. The summed E-state index contributed by atoms with van der Waals surface area (Å²) in [6, 6.07) is 12.5. The second kappa shape index (κ2) is 8.53. The van der Waals surface area contributed by atoms with Gasteiger partial charge in [-0.05, 0) is 49.7 Å². The zero-order valence-electron chi connectivity index (χ0n) is 17.6. The minimum absolute atomic E-state index is 0.119.